The average molecular weight is 402 g/mol. The predicted octanol–water partition coefficient (Wildman–Crippen LogP) is 2.81. The van der Waals surface area contributed by atoms with E-state index in [1.807, 2.05) is 18.4 Å². The molecule has 0 aliphatic carbocycles. The molecule has 0 unspecified atom stereocenters. The van der Waals surface area contributed by atoms with Crippen molar-refractivity contribution in [2.45, 2.75) is 26.2 Å². The summed E-state index contributed by atoms with van der Waals surface area (Å²) in [6.45, 7) is 2.52. The number of ether oxygens (including phenoxy) is 2. The molecule has 0 bridgehead atoms. The number of amides is 1. The normalized spacial score (nSPS) is 10.7. The topological polar surface area (TPSA) is 99.4 Å². The summed E-state index contributed by atoms with van der Waals surface area (Å²) < 4.78 is 15.8. The second kappa shape index (κ2) is 9.32. The highest BCUT2D eigenvalue weighted by Crippen LogP contribution is 2.31. The number of nitrogens with one attached hydrogen (secondary N) is 1. The average Bonchev–Trinajstić information content (AvgIpc) is 3.35. The molecule has 8 nitrogen and oxygen atoms in total. The molecule has 0 aliphatic heterocycles. The number of rotatable bonds is 9. The second-order valence-corrected chi connectivity index (χ2v) is 7.10. The summed E-state index contributed by atoms with van der Waals surface area (Å²) in [5.41, 5.74) is 1.75. The van der Waals surface area contributed by atoms with Crippen molar-refractivity contribution in [1.29, 1.82) is 0 Å². The third-order valence-electron chi connectivity index (χ3n) is 4.05. The number of hydrogen-bond donors (Lipinski definition) is 1. The SMILES string of the molecule is COc1ccc(-c2noc(CCC(=O)NCCc3csc(C)n3)n2)cc1OC. The molecule has 9 heteroatoms. The molecule has 3 aromatic rings. The molecule has 0 radical (unpaired) electrons. The van der Waals surface area contributed by atoms with Gasteiger partial charge in [-0.1, -0.05) is 5.16 Å². The number of thiazole rings is 1. The van der Waals surface area contributed by atoms with Crippen LogP contribution in [0.1, 0.15) is 23.0 Å². The van der Waals surface area contributed by atoms with E-state index in [2.05, 4.69) is 20.4 Å². The van der Waals surface area contributed by atoms with Crippen molar-refractivity contribution < 1.29 is 18.8 Å². The van der Waals surface area contributed by atoms with Gasteiger partial charge in [-0.3, -0.25) is 4.79 Å². The molecule has 148 valence electrons. The van der Waals surface area contributed by atoms with Crippen molar-refractivity contribution in [3.63, 3.8) is 0 Å². The van der Waals surface area contributed by atoms with Crippen molar-refractivity contribution in [2.75, 3.05) is 20.8 Å². The molecule has 2 heterocycles. The zero-order chi connectivity index (χ0) is 19.9. The zero-order valence-corrected chi connectivity index (χ0v) is 16.8. The van der Waals surface area contributed by atoms with Crippen LogP contribution in [0, 0.1) is 6.92 Å². The molecule has 28 heavy (non-hydrogen) atoms. The minimum Gasteiger partial charge on any atom is -0.493 e. The molecule has 2 aromatic heterocycles. The Kier molecular flexibility index (Phi) is 6.59. The van der Waals surface area contributed by atoms with Crippen molar-refractivity contribution in [3.05, 3.63) is 40.2 Å². The fourth-order valence-corrected chi connectivity index (χ4v) is 3.26. The van der Waals surface area contributed by atoms with E-state index in [4.69, 9.17) is 14.0 Å². The molecule has 3 rings (SSSR count). The van der Waals surface area contributed by atoms with Crippen LogP contribution < -0.4 is 14.8 Å². The first kappa shape index (κ1) is 19.8. The van der Waals surface area contributed by atoms with Gasteiger partial charge in [-0.05, 0) is 25.1 Å². The first-order chi connectivity index (χ1) is 13.6. The Morgan fingerprint density at radius 3 is 2.71 bits per heavy atom. The Morgan fingerprint density at radius 2 is 2.00 bits per heavy atom. The maximum atomic E-state index is 12.0. The number of hydrogen-bond acceptors (Lipinski definition) is 8. The molecule has 0 spiro atoms. The molecular weight excluding hydrogens is 380 g/mol. The predicted molar refractivity (Wildman–Crippen MR) is 105 cm³/mol. The van der Waals surface area contributed by atoms with Gasteiger partial charge in [0, 0.05) is 36.8 Å². The fourth-order valence-electron chi connectivity index (χ4n) is 2.61. The summed E-state index contributed by atoms with van der Waals surface area (Å²) in [4.78, 5) is 20.7. The summed E-state index contributed by atoms with van der Waals surface area (Å²) in [5.74, 6) is 2.00. The van der Waals surface area contributed by atoms with E-state index < -0.39 is 0 Å². The van der Waals surface area contributed by atoms with E-state index in [0.717, 1.165) is 22.7 Å². The smallest absolute Gasteiger partial charge is 0.227 e. The third-order valence-corrected chi connectivity index (χ3v) is 4.87. The lowest BCUT2D eigenvalue weighted by Crippen LogP contribution is -2.26. The van der Waals surface area contributed by atoms with Gasteiger partial charge in [0.15, 0.2) is 11.5 Å². The monoisotopic (exact) mass is 402 g/mol. The van der Waals surface area contributed by atoms with Crippen LogP contribution in [-0.4, -0.2) is 41.8 Å². The highest BCUT2D eigenvalue weighted by atomic mass is 32.1. The molecule has 0 saturated carbocycles. The van der Waals surface area contributed by atoms with Gasteiger partial charge in [0.25, 0.3) is 0 Å². The lowest BCUT2D eigenvalue weighted by atomic mass is 10.2. The van der Waals surface area contributed by atoms with Gasteiger partial charge in [0.1, 0.15) is 0 Å². The molecule has 0 aliphatic rings. The van der Waals surface area contributed by atoms with E-state index in [1.165, 1.54) is 0 Å². The van der Waals surface area contributed by atoms with Crippen LogP contribution in [0.15, 0.2) is 28.1 Å². The first-order valence-electron chi connectivity index (χ1n) is 8.81. The first-order valence-corrected chi connectivity index (χ1v) is 9.69. The van der Waals surface area contributed by atoms with Crippen LogP contribution in [0.4, 0.5) is 0 Å². The number of nitrogens with zero attached hydrogens (tertiary/aromatic N) is 3. The van der Waals surface area contributed by atoms with Crippen LogP contribution in [0.3, 0.4) is 0 Å². The second-order valence-electron chi connectivity index (χ2n) is 6.04. The molecule has 0 atom stereocenters. The summed E-state index contributed by atoms with van der Waals surface area (Å²) in [5, 5.41) is 9.90. The van der Waals surface area contributed by atoms with Crippen LogP contribution in [-0.2, 0) is 17.6 Å². The fraction of sp³-hybridized carbons (Fsp3) is 0.368. The van der Waals surface area contributed by atoms with E-state index in [9.17, 15) is 4.79 Å². The van der Waals surface area contributed by atoms with Crippen molar-refractivity contribution >= 4 is 17.2 Å². The quantitative estimate of drug-likeness (QED) is 0.587. The molecular formula is C19H22N4O4S. The Morgan fingerprint density at radius 1 is 1.18 bits per heavy atom. The third kappa shape index (κ3) is 5.07. The van der Waals surface area contributed by atoms with Gasteiger partial charge in [0.05, 0.1) is 24.9 Å². The Bertz CT molecular complexity index is 938. The Labute approximate surface area is 166 Å². The van der Waals surface area contributed by atoms with Gasteiger partial charge in [-0.25, -0.2) is 4.98 Å². The van der Waals surface area contributed by atoms with Gasteiger partial charge < -0.3 is 19.3 Å². The van der Waals surface area contributed by atoms with E-state index in [-0.39, 0.29) is 12.3 Å². The van der Waals surface area contributed by atoms with Gasteiger partial charge in [0.2, 0.25) is 17.6 Å². The minimum atomic E-state index is -0.0576. The number of aromatic nitrogens is 3. The van der Waals surface area contributed by atoms with Gasteiger partial charge in [-0.2, -0.15) is 4.98 Å². The lowest BCUT2D eigenvalue weighted by Gasteiger charge is -2.07. The van der Waals surface area contributed by atoms with Crippen molar-refractivity contribution in [2.24, 2.45) is 0 Å². The largest absolute Gasteiger partial charge is 0.493 e. The van der Waals surface area contributed by atoms with Crippen molar-refractivity contribution in [1.82, 2.24) is 20.4 Å². The zero-order valence-electron chi connectivity index (χ0n) is 16.0. The lowest BCUT2D eigenvalue weighted by molar-refractivity contribution is -0.121. The highest BCUT2D eigenvalue weighted by molar-refractivity contribution is 7.09. The van der Waals surface area contributed by atoms with Gasteiger partial charge in [-0.15, -0.1) is 11.3 Å². The van der Waals surface area contributed by atoms with E-state index >= 15 is 0 Å². The van der Waals surface area contributed by atoms with Crippen LogP contribution in [0.5, 0.6) is 11.5 Å². The standard InChI is InChI=1S/C19H22N4O4S/c1-12-21-14(11-28-12)8-9-20-17(24)6-7-18-22-19(23-27-18)13-4-5-15(25-2)16(10-13)26-3/h4-5,10-11H,6-9H2,1-3H3,(H,20,24). The number of aryl methyl sites for hydroxylation is 2. The highest BCUT2D eigenvalue weighted by Gasteiger charge is 2.13. The van der Waals surface area contributed by atoms with Crippen LogP contribution in [0.25, 0.3) is 11.4 Å². The number of carbonyl (C=O) groups excluding carboxylic acids is 1. The summed E-state index contributed by atoms with van der Waals surface area (Å²) >= 11 is 1.61. The van der Waals surface area contributed by atoms with Crippen molar-refractivity contribution in [3.8, 4) is 22.9 Å². The molecule has 1 N–H and O–H groups in total. The summed E-state index contributed by atoms with van der Waals surface area (Å²) in [6.07, 6.45) is 1.38. The van der Waals surface area contributed by atoms with Gasteiger partial charge >= 0.3 is 0 Å². The van der Waals surface area contributed by atoms with E-state index in [0.29, 0.717) is 36.2 Å². The van der Waals surface area contributed by atoms with Crippen LogP contribution in [0.2, 0.25) is 0 Å². The van der Waals surface area contributed by atoms with Crippen LogP contribution >= 0.6 is 11.3 Å². The number of methoxy groups -OCH3 is 2. The molecule has 1 amide bonds. The maximum absolute atomic E-state index is 12.0. The molecule has 0 saturated heterocycles. The Balaban J connectivity index is 1.49. The molecule has 0 fully saturated rings. The summed E-state index contributed by atoms with van der Waals surface area (Å²) in [6, 6.07) is 5.38. The number of benzene rings is 1. The number of carbonyl (C=O) groups is 1. The molecule has 1 aromatic carbocycles. The minimum absolute atomic E-state index is 0.0576. The van der Waals surface area contributed by atoms with E-state index in [1.54, 1.807) is 37.7 Å². The maximum Gasteiger partial charge on any atom is 0.227 e. The summed E-state index contributed by atoms with van der Waals surface area (Å²) in [7, 11) is 3.14. The Hall–Kier alpha value is -2.94.